The molecule has 0 N–H and O–H groups in total. The van der Waals surface area contributed by atoms with Gasteiger partial charge in [0.25, 0.3) is 0 Å². The van der Waals surface area contributed by atoms with E-state index in [1.54, 1.807) is 24.3 Å². The fourth-order valence-electron chi connectivity index (χ4n) is 3.43. The third kappa shape index (κ3) is 3.86. The Balaban J connectivity index is 1.91. The number of carbonyl (C=O) groups is 1. The number of allylic oxidation sites excluding steroid dienone is 1. The van der Waals surface area contributed by atoms with E-state index in [1.807, 2.05) is 0 Å². The molecule has 3 aromatic rings. The van der Waals surface area contributed by atoms with Crippen molar-refractivity contribution < 1.29 is 26.7 Å². The number of nitrogens with zero attached hydrogens (tertiary/aromatic N) is 1. The van der Waals surface area contributed by atoms with Crippen LogP contribution in [-0.2, 0) is 21.3 Å². The van der Waals surface area contributed by atoms with Crippen LogP contribution in [0.3, 0.4) is 0 Å². The topological polar surface area (TPSA) is 73.3 Å². The number of benzene rings is 2. The Morgan fingerprint density at radius 3 is 2.37 bits per heavy atom. The number of fused-ring (bicyclic) bond motifs is 1. The summed E-state index contributed by atoms with van der Waals surface area (Å²) in [5.74, 6) is -1.49. The number of hydrogen-bond donors (Lipinski definition) is 1. The highest BCUT2D eigenvalue weighted by atomic mass is 32.2. The van der Waals surface area contributed by atoms with Gasteiger partial charge in [-0.05, 0) is 35.9 Å². The molecule has 0 amide bonds. The Hall–Kier alpha value is -3.39. The predicted molar refractivity (Wildman–Crippen MR) is 107 cm³/mol. The van der Waals surface area contributed by atoms with Crippen LogP contribution in [0.4, 0.5) is 8.78 Å². The van der Waals surface area contributed by atoms with Crippen molar-refractivity contribution in [2.75, 3.05) is 0 Å². The van der Waals surface area contributed by atoms with Gasteiger partial charge in [-0.1, -0.05) is 24.3 Å². The summed E-state index contributed by atoms with van der Waals surface area (Å²) < 4.78 is 55.2. The van der Waals surface area contributed by atoms with Crippen molar-refractivity contribution in [2.24, 2.45) is 0 Å². The van der Waals surface area contributed by atoms with Crippen LogP contribution in [0, 0.1) is 11.8 Å². The van der Waals surface area contributed by atoms with Crippen molar-refractivity contribution in [1.29, 1.82) is 0 Å². The monoisotopic (exact) mass is 427 g/mol. The van der Waals surface area contributed by atoms with E-state index in [4.69, 9.17) is 4.74 Å². The van der Waals surface area contributed by atoms with E-state index in [-0.39, 0.29) is 5.75 Å². The molecular formula is C22H15F2NO4S. The van der Waals surface area contributed by atoms with Gasteiger partial charge in [-0.25, -0.2) is 17.8 Å². The number of ether oxygens (including phenoxy) is 1. The van der Waals surface area contributed by atoms with E-state index < -0.39 is 28.4 Å². The predicted octanol–water partition coefficient (Wildman–Crippen LogP) is 3.71. The first kappa shape index (κ1) is 19.9. The lowest BCUT2D eigenvalue weighted by Crippen LogP contribution is -2.16. The lowest BCUT2D eigenvalue weighted by atomic mass is 9.83. The molecule has 30 heavy (non-hydrogen) atoms. The first-order valence-corrected chi connectivity index (χ1v) is 10.3. The molecule has 152 valence electrons. The zero-order valence-electron chi connectivity index (χ0n) is 15.4. The highest BCUT2D eigenvalue weighted by Gasteiger charge is 2.32. The van der Waals surface area contributed by atoms with Crippen molar-refractivity contribution in [3.8, 4) is 5.75 Å². The molecule has 5 nitrogen and oxygen atoms in total. The van der Waals surface area contributed by atoms with Crippen molar-refractivity contribution in [3.63, 3.8) is 0 Å². The van der Waals surface area contributed by atoms with Crippen LogP contribution in [-0.4, -0.2) is 19.7 Å². The molecule has 1 aromatic heterocycles. The molecule has 0 bridgehead atoms. The summed E-state index contributed by atoms with van der Waals surface area (Å²) in [6, 6.07) is 13.2. The number of carbonyl (C=O) groups excluding carboxylic acids is 1. The number of rotatable bonds is 5. The maximum Gasteiger partial charge on any atom is 0.212 e. The van der Waals surface area contributed by atoms with Crippen molar-refractivity contribution in [1.82, 2.24) is 4.98 Å². The Morgan fingerprint density at radius 1 is 1.00 bits per heavy atom. The van der Waals surface area contributed by atoms with Gasteiger partial charge in [-0.2, -0.15) is 4.39 Å². The molecule has 4 rings (SSSR count). The van der Waals surface area contributed by atoms with Gasteiger partial charge in [0.05, 0.1) is 11.7 Å². The van der Waals surface area contributed by atoms with Gasteiger partial charge in [0.2, 0.25) is 5.95 Å². The number of thiol groups is 1. The highest BCUT2D eigenvalue weighted by Crippen LogP contribution is 2.46. The maximum atomic E-state index is 13.9. The molecular weight excluding hydrogens is 412 g/mol. The van der Waals surface area contributed by atoms with Crippen LogP contribution in [0.25, 0.3) is 11.3 Å². The molecule has 1 aliphatic rings. The average molecular weight is 427 g/mol. The number of pyridine rings is 1. The number of halogens is 2. The van der Waals surface area contributed by atoms with E-state index in [0.717, 1.165) is 6.07 Å². The van der Waals surface area contributed by atoms with E-state index in [1.165, 1.54) is 30.5 Å². The minimum absolute atomic E-state index is 0.0939. The van der Waals surface area contributed by atoms with Crippen LogP contribution in [0.1, 0.15) is 28.2 Å². The second kappa shape index (κ2) is 8.16. The zero-order valence-corrected chi connectivity index (χ0v) is 16.3. The SMILES string of the molecule is O=CC1C(c2ccc(F)nc2)=C(c2ccc(C[SH](=O)=O)cc2)Oc2ccc(F)cc21. The Labute approximate surface area is 172 Å². The molecule has 0 saturated heterocycles. The first-order chi connectivity index (χ1) is 14.5. The van der Waals surface area contributed by atoms with Crippen LogP contribution >= 0.6 is 0 Å². The van der Waals surface area contributed by atoms with Crippen molar-refractivity contribution in [3.05, 3.63) is 94.8 Å². The first-order valence-electron chi connectivity index (χ1n) is 8.96. The second-order valence-electron chi connectivity index (χ2n) is 6.70. The summed E-state index contributed by atoms with van der Waals surface area (Å²) in [5.41, 5.74) is 2.41. The van der Waals surface area contributed by atoms with E-state index in [0.29, 0.717) is 45.6 Å². The highest BCUT2D eigenvalue weighted by molar-refractivity contribution is 7.71. The van der Waals surface area contributed by atoms with Crippen LogP contribution in [0.5, 0.6) is 5.75 Å². The number of aromatic nitrogens is 1. The molecule has 1 aliphatic heterocycles. The third-order valence-electron chi connectivity index (χ3n) is 4.78. The number of hydrogen-bond acceptors (Lipinski definition) is 5. The molecule has 0 fully saturated rings. The van der Waals surface area contributed by atoms with Crippen LogP contribution in [0.2, 0.25) is 0 Å². The molecule has 0 saturated carbocycles. The Kier molecular flexibility index (Phi) is 5.41. The molecule has 1 atom stereocenters. The largest absolute Gasteiger partial charge is 0.456 e. The zero-order chi connectivity index (χ0) is 21.3. The number of aldehydes is 1. The van der Waals surface area contributed by atoms with Gasteiger partial charge >= 0.3 is 0 Å². The lowest BCUT2D eigenvalue weighted by molar-refractivity contribution is -0.108. The molecule has 0 spiro atoms. The molecule has 0 aliphatic carbocycles. The second-order valence-corrected chi connectivity index (χ2v) is 7.68. The third-order valence-corrected chi connectivity index (χ3v) is 5.40. The normalized spacial score (nSPS) is 15.6. The molecule has 8 heteroatoms. The Bertz CT molecular complexity index is 1210. The smallest absolute Gasteiger partial charge is 0.212 e. The minimum Gasteiger partial charge on any atom is -0.456 e. The van der Waals surface area contributed by atoms with Gasteiger partial charge in [-0.15, -0.1) is 0 Å². The standard InChI is InChI=1S/C22H15F2NO4S/c23-16-6-7-19-17(9-16)18(11-26)21(15-5-8-20(24)25-10-15)22(29-19)14-3-1-13(2-4-14)12-30(27)28/h1-11,18,30H,12H2. The van der Waals surface area contributed by atoms with Crippen molar-refractivity contribution in [2.45, 2.75) is 11.7 Å². The Morgan fingerprint density at radius 2 is 1.73 bits per heavy atom. The van der Waals surface area contributed by atoms with Gasteiger partial charge in [-0.3, -0.25) is 0 Å². The van der Waals surface area contributed by atoms with E-state index in [9.17, 15) is 22.0 Å². The van der Waals surface area contributed by atoms with Gasteiger partial charge in [0.1, 0.15) is 34.3 Å². The fraction of sp³-hybridized carbons (Fsp3) is 0.0909. The summed E-state index contributed by atoms with van der Waals surface area (Å²) in [5, 5.41) is 0. The summed E-state index contributed by atoms with van der Waals surface area (Å²) >= 11 is 0. The van der Waals surface area contributed by atoms with E-state index >= 15 is 0 Å². The summed E-state index contributed by atoms with van der Waals surface area (Å²) in [6.45, 7) is 0. The summed E-state index contributed by atoms with van der Waals surface area (Å²) in [4.78, 5) is 15.7. The van der Waals surface area contributed by atoms with Gasteiger partial charge in [0.15, 0.2) is 0 Å². The van der Waals surface area contributed by atoms with E-state index in [2.05, 4.69) is 4.98 Å². The average Bonchev–Trinajstić information content (AvgIpc) is 2.73. The summed E-state index contributed by atoms with van der Waals surface area (Å²) in [7, 11) is -2.57. The minimum atomic E-state index is -2.57. The van der Waals surface area contributed by atoms with Crippen LogP contribution in [0.15, 0.2) is 60.8 Å². The summed E-state index contributed by atoms with van der Waals surface area (Å²) in [6.07, 6.45) is 1.96. The van der Waals surface area contributed by atoms with Crippen molar-refractivity contribution >= 4 is 28.3 Å². The molecule has 1 unspecified atom stereocenters. The van der Waals surface area contributed by atoms with Gasteiger partial charge < -0.3 is 9.53 Å². The van der Waals surface area contributed by atoms with Gasteiger partial charge in [0, 0.05) is 28.5 Å². The molecule has 2 heterocycles. The molecule has 0 radical (unpaired) electrons. The van der Waals surface area contributed by atoms with Crippen LogP contribution < -0.4 is 4.74 Å². The molecule has 2 aromatic carbocycles. The quantitative estimate of drug-likeness (QED) is 0.382. The maximum absolute atomic E-state index is 13.9. The fourth-order valence-corrected chi connectivity index (χ4v) is 3.94. The lowest BCUT2D eigenvalue weighted by Gasteiger charge is -2.28.